The molecule has 2 N–H and O–H groups in total. The van der Waals surface area contributed by atoms with E-state index < -0.39 is 5.63 Å². The lowest BCUT2D eigenvalue weighted by Gasteiger charge is -2.05. The first-order chi connectivity index (χ1) is 13.5. The molecule has 4 aromatic rings. The second-order valence-corrected chi connectivity index (χ2v) is 6.33. The van der Waals surface area contributed by atoms with Crippen molar-refractivity contribution in [2.75, 3.05) is 0 Å². The van der Waals surface area contributed by atoms with E-state index in [-0.39, 0.29) is 22.6 Å². The molecular formula is C22H16N2O4. The molecule has 6 heteroatoms. The Morgan fingerprint density at radius 2 is 1.61 bits per heavy atom. The largest absolute Gasteiger partial charge is 0.507 e. The normalized spacial score (nSPS) is 11.9. The van der Waals surface area contributed by atoms with Crippen LogP contribution in [0.3, 0.4) is 0 Å². The molecule has 0 radical (unpaired) electrons. The van der Waals surface area contributed by atoms with Crippen LogP contribution in [0.2, 0.25) is 0 Å². The molecule has 138 valence electrons. The van der Waals surface area contributed by atoms with Crippen LogP contribution in [0.25, 0.3) is 21.7 Å². The standard InChI is InChI=1S/C22H16N2O4/c1-13-10-21(27)28-22-15(13)8-9-20(26)18(22)12-24-23-11-14-4-2-6-17-16(14)5-3-7-19(17)25/h2-12,25-26H,1H3/b23-11+,24-12+. The Morgan fingerprint density at radius 1 is 0.857 bits per heavy atom. The highest BCUT2D eigenvalue weighted by Crippen LogP contribution is 2.27. The number of phenols is 2. The lowest BCUT2D eigenvalue weighted by Crippen LogP contribution is -2.00. The summed E-state index contributed by atoms with van der Waals surface area (Å²) in [6.07, 6.45) is 2.90. The van der Waals surface area contributed by atoms with E-state index in [9.17, 15) is 15.0 Å². The number of aryl methyl sites for hydroxylation is 1. The molecule has 0 spiro atoms. The van der Waals surface area contributed by atoms with Crippen molar-refractivity contribution in [3.05, 3.63) is 81.7 Å². The molecule has 0 aliphatic carbocycles. The topological polar surface area (TPSA) is 95.4 Å². The minimum atomic E-state index is -0.496. The highest BCUT2D eigenvalue weighted by Gasteiger charge is 2.10. The van der Waals surface area contributed by atoms with E-state index in [4.69, 9.17) is 4.42 Å². The molecule has 28 heavy (non-hydrogen) atoms. The SMILES string of the molecule is Cc1cc(=O)oc2c(/C=N/N=C/c3cccc4c(O)cccc34)c(O)ccc12. The van der Waals surface area contributed by atoms with Gasteiger partial charge in [0.15, 0.2) is 5.58 Å². The maximum atomic E-state index is 11.7. The summed E-state index contributed by atoms with van der Waals surface area (Å²) in [5.41, 5.74) is 1.59. The molecule has 0 aliphatic heterocycles. The van der Waals surface area contributed by atoms with Crippen molar-refractivity contribution in [1.82, 2.24) is 0 Å². The third-order valence-electron chi connectivity index (χ3n) is 4.52. The number of phenolic OH excluding ortho intramolecular Hbond substituents is 2. The van der Waals surface area contributed by atoms with Crippen molar-refractivity contribution in [3.8, 4) is 11.5 Å². The molecule has 0 fully saturated rings. The number of benzene rings is 3. The van der Waals surface area contributed by atoms with E-state index in [1.54, 1.807) is 31.3 Å². The van der Waals surface area contributed by atoms with Crippen molar-refractivity contribution < 1.29 is 14.6 Å². The van der Waals surface area contributed by atoms with Gasteiger partial charge < -0.3 is 14.6 Å². The fourth-order valence-corrected chi connectivity index (χ4v) is 3.14. The second-order valence-electron chi connectivity index (χ2n) is 6.33. The molecule has 1 heterocycles. The van der Waals surface area contributed by atoms with Crippen molar-refractivity contribution in [1.29, 1.82) is 0 Å². The van der Waals surface area contributed by atoms with Gasteiger partial charge in [0.05, 0.1) is 18.0 Å². The van der Waals surface area contributed by atoms with Gasteiger partial charge in [-0.2, -0.15) is 10.2 Å². The van der Waals surface area contributed by atoms with E-state index in [0.29, 0.717) is 5.39 Å². The first-order valence-electron chi connectivity index (χ1n) is 8.58. The van der Waals surface area contributed by atoms with Crippen LogP contribution in [0.15, 0.2) is 74.0 Å². The van der Waals surface area contributed by atoms with Crippen LogP contribution in [0.5, 0.6) is 11.5 Å². The molecular weight excluding hydrogens is 356 g/mol. The van der Waals surface area contributed by atoms with Gasteiger partial charge >= 0.3 is 5.63 Å². The zero-order valence-corrected chi connectivity index (χ0v) is 15.0. The summed E-state index contributed by atoms with van der Waals surface area (Å²) in [6, 6.07) is 15.4. The predicted octanol–water partition coefficient (Wildman–Crippen LogP) is 4.12. The molecule has 3 aromatic carbocycles. The number of hydrogen-bond donors (Lipinski definition) is 2. The fraction of sp³-hybridized carbons (Fsp3) is 0.0455. The molecule has 0 amide bonds. The molecule has 1 aromatic heterocycles. The van der Waals surface area contributed by atoms with Gasteiger partial charge in [0.25, 0.3) is 0 Å². The summed E-state index contributed by atoms with van der Waals surface area (Å²) in [5, 5.41) is 30.4. The Labute approximate surface area is 159 Å². The molecule has 4 rings (SSSR count). The molecule has 0 unspecified atom stereocenters. The second kappa shape index (κ2) is 7.00. The van der Waals surface area contributed by atoms with E-state index >= 15 is 0 Å². The number of aromatic hydroxyl groups is 2. The maximum absolute atomic E-state index is 11.7. The summed E-state index contributed by atoms with van der Waals surface area (Å²) in [7, 11) is 0. The van der Waals surface area contributed by atoms with Crippen molar-refractivity contribution in [3.63, 3.8) is 0 Å². The number of hydrogen-bond acceptors (Lipinski definition) is 6. The Morgan fingerprint density at radius 3 is 2.46 bits per heavy atom. The fourth-order valence-electron chi connectivity index (χ4n) is 3.14. The maximum Gasteiger partial charge on any atom is 0.336 e. The van der Waals surface area contributed by atoms with Crippen LogP contribution in [-0.4, -0.2) is 22.6 Å². The van der Waals surface area contributed by atoms with Gasteiger partial charge in [-0.05, 0) is 36.1 Å². The van der Waals surface area contributed by atoms with E-state index in [1.165, 1.54) is 18.3 Å². The predicted molar refractivity (Wildman–Crippen MR) is 110 cm³/mol. The molecule has 0 aliphatic rings. The molecule has 6 nitrogen and oxygen atoms in total. The van der Waals surface area contributed by atoms with E-state index in [1.807, 2.05) is 24.3 Å². The lowest BCUT2D eigenvalue weighted by molar-refractivity contribution is 0.472. The van der Waals surface area contributed by atoms with E-state index in [2.05, 4.69) is 10.2 Å². The summed E-state index contributed by atoms with van der Waals surface area (Å²) >= 11 is 0. The van der Waals surface area contributed by atoms with Crippen molar-refractivity contribution in [2.45, 2.75) is 6.92 Å². The van der Waals surface area contributed by atoms with E-state index in [0.717, 1.165) is 21.9 Å². The third-order valence-corrected chi connectivity index (χ3v) is 4.52. The average molecular weight is 372 g/mol. The highest BCUT2D eigenvalue weighted by atomic mass is 16.4. The Hall–Kier alpha value is -3.93. The molecule has 0 saturated heterocycles. The van der Waals surface area contributed by atoms with Crippen LogP contribution < -0.4 is 5.63 Å². The van der Waals surface area contributed by atoms with Crippen molar-refractivity contribution in [2.24, 2.45) is 10.2 Å². The summed E-state index contributed by atoms with van der Waals surface area (Å²) < 4.78 is 5.25. The van der Waals surface area contributed by atoms with Crippen LogP contribution in [0, 0.1) is 6.92 Å². The molecule has 0 saturated carbocycles. The first-order valence-corrected chi connectivity index (χ1v) is 8.58. The monoisotopic (exact) mass is 372 g/mol. The number of fused-ring (bicyclic) bond motifs is 2. The number of rotatable bonds is 3. The highest BCUT2D eigenvalue weighted by molar-refractivity contribution is 6.03. The van der Waals surface area contributed by atoms with Crippen LogP contribution in [-0.2, 0) is 0 Å². The molecule has 0 bridgehead atoms. The van der Waals surface area contributed by atoms with Crippen LogP contribution in [0.4, 0.5) is 0 Å². The van der Waals surface area contributed by atoms with Gasteiger partial charge in [-0.25, -0.2) is 4.79 Å². The summed E-state index contributed by atoms with van der Waals surface area (Å²) in [6.45, 7) is 1.80. The quantitative estimate of drug-likeness (QED) is 0.321. The lowest BCUT2D eigenvalue weighted by atomic mass is 10.0. The Balaban J connectivity index is 1.73. The van der Waals surface area contributed by atoms with Crippen molar-refractivity contribution >= 4 is 34.2 Å². The number of nitrogens with zero attached hydrogens (tertiary/aromatic N) is 2. The van der Waals surface area contributed by atoms with Crippen LogP contribution >= 0.6 is 0 Å². The summed E-state index contributed by atoms with van der Waals surface area (Å²) in [5.74, 6) is 0.137. The average Bonchev–Trinajstić information content (AvgIpc) is 2.67. The third kappa shape index (κ3) is 3.12. The van der Waals surface area contributed by atoms with Gasteiger partial charge in [-0.3, -0.25) is 0 Å². The zero-order valence-electron chi connectivity index (χ0n) is 15.0. The minimum Gasteiger partial charge on any atom is -0.507 e. The van der Waals surface area contributed by atoms with Gasteiger partial charge in [-0.1, -0.05) is 30.3 Å². The smallest absolute Gasteiger partial charge is 0.336 e. The van der Waals surface area contributed by atoms with Crippen LogP contribution in [0.1, 0.15) is 16.7 Å². The zero-order chi connectivity index (χ0) is 19.7. The summed E-state index contributed by atoms with van der Waals surface area (Å²) in [4.78, 5) is 11.7. The van der Waals surface area contributed by atoms with Gasteiger partial charge in [-0.15, -0.1) is 0 Å². The Kier molecular flexibility index (Phi) is 4.37. The Bertz CT molecular complexity index is 1320. The van der Waals surface area contributed by atoms with Gasteiger partial charge in [0.2, 0.25) is 0 Å². The first kappa shape index (κ1) is 17.5. The molecule has 0 atom stereocenters. The van der Waals surface area contributed by atoms with Gasteiger partial charge in [0.1, 0.15) is 11.5 Å². The minimum absolute atomic E-state index is 0.0599. The van der Waals surface area contributed by atoms with Gasteiger partial charge in [0, 0.05) is 22.4 Å².